The number of likely N-dealkylation sites (N-methyl/N-ethyl adjacent to an activating group) is 1. The maximum absolute atomic E-state index is 14.3. The number of amides is 2. The molecule has 0 spiro atoms. The van der Waals surface area contributed by atoms with Crippen LogP contribution in [0.4, 0.5) is 5.69 Å². The van der Waals surface area contributed by atoms with Gasteiger partial charge in [0, 0.05) is 29.0 Å². The SMILES string of the molecule is CCNC(=O)C(Cc1ccccc1)N(Cc1ccc(Br)cc1)C(=O)CN(c1ccc(Cl)cc1)S(=O)(=O)c1ccccc1. The summed E-state index contributed by atoms with van der Waals surface area (Å²) in [6, 6.07) is 30.2. The summed E-state index contributed by atoms with van der Waals surface area (Å²) >= 11 is 9.54. The van der Waals surface area contributed by atoms with E-state index < -0.39 is 28.5 Å². The Morgan fingerprint density at radius 1 is 0.833 bits per heavy atom. The number of hydrogen-bond acceptors (Lipinski definition) is 4. The number of hydrogen-bond donors (Lipinski definition) is 1. The van der Waals surface area contributed by atoms with Crippen LogP contribution >= 0.6 is 27.5 Å². The average Bonchev–Trinajstić information content (AvgIpc) is 3.00. The van der Waals surface area contributed by atoms with Gasteiger partial charge in [-0.25, -0.2) is 8.42 Å². The van der Waals surface area contributed by atoms with Gasteiger partial charge in [-0.05, 0) is 66.6 Å². The van der Waals surface area contributed by atoms with Crippen LogP contribution in [0, 0.1) is 0 Å². The van der Waals surface area contributed by atoms with Gasteiger partial charge < -0.3 is 10.2 Å². The summed E-state index contributed by atoms with van der Waals surface area (Å²) < 4.78 is 29.7. The zero-order valence-electron chi connectivity index (χ0n) is 23.0. The van der Waals surface area contributed by atoms with Crippen molar-refractivity contribution in [1.29, 1.82) is 0 Å². The van der Waals surface area contributed by atoms with E-state index in [4.69, 9.17) is 11.6 Å². The molecule has 2 amide bonds. The first-order valence-electron chi connectivity index (χ1n) is 13.4. The molecule has 4 rings (SSSR count). The van der Waals surface area contributed by atoms with Crippen LogP contribution in [0.2, 0.25) is 5.02 Å². The van der Waals surface area contributed by atoms with Crippen LogP contribution in [0.1, 0.15) is 18.1 Å². The Labute approximate surface area is 260 Å². The first-order valence-corrected chi connectivity index (χ1v) is 16.0. The Balaban J connectivity index is 1.78. The molecule has 0 radical (unpaired) electrons. The van der Waals surface area contributed by atoms with Crippen molar-refractivity contribution < 1.29 is 18.0 Å². The third-order valence-corrected chi connectivity index (χ3v) is 9.18. The zero-order valence-corrected chi connectivity index (χ0v) is 26.1. The van der Waals surface area contributed by atoms with Gasteiger partial charge in [-0.1, -0.05) is 88.2 Å². The topological polar surface area (TPSA) is 86.8 Å². The lowest BCUT2D eigenvalue weighted by atomic mass is 10.0. The second kappa shape index (κ2) is 14.5. The molecule has 0 saturated carbocycles. The number of carbonyl (C=O) groups excluding carboxylic acids is 2. The molecule has 4 aromatic rings. The van der Waals surface area contributed by atoms with Gasteiger partial charge >= 0.3 is 0 Å². The third-order valence-electron chi connectivity index (χ3n) is 6.61. The van der Waals surface area contributed by atoms with Crippen molar-refractivity contribution in [2.24, 2.45) is 0 Å². The highest BCUT2D eigenvalue weighted by Gasteiger charge is 2.34. The lowest BCUT2D eigenvalue weighted by Crippen LogP contribution is -2.53. The van der Waals surface area contributed by atoms with Crippen molar-refractivity contribution in [2.75, 3.05) is 17.4 Å². The Morgan fingerprint density at radius 3 is 2.02 bits per heavy atom. The summed E-state index contributed by atoms with van der Waals surface area (Å²) in [6.45, 7) is 1.76. The molecule has 0 heterocycles. The van der Waals surface area contributed by atoms with E-state index in [1.54, 1.807) is 42.5 Å². The smallest absolute Gasteiger partial charge is 0.264 e. The van der Waals surface area contributed by atoms with E-state index in [2.05, 4.69) is 21.2 Å². The summed E-state index contributed by atoms with van der Waals surface area (Å²) in [5, 5.41) is 3.29. The Bertz CT molecular complexity index is 1590. The van der Waals surface area contributed by atoms with Crippen molar-refractivity contribution in [3.63, 3.8) is 0 Å². The quantitative estimate of drug-likeness (QED) is 0.199. The van der Waals surface area contributed by atoms with Gasteiger partial charge in [0.1, 0.15) is 12.6 Å². The van der Waals surface area contributed by atoms with Crippen molar-refractivity contribution >= 4 is 55.1 Å². The third kappa shape index (κ3) is 8.00. The maximum atomic E-state index is 14.3. The molecular weight excluding hydrogens is 638 g/mol. The molecular formula is C32H31BrClN3O4S. The van der Waals surface area contributed by atoms with Crippen LogP contribution < -0.4 is 9.62 Å². The Kier molecular flexibility index (Phi) is 10.8. The number of sulfonamides is 1. The molecule has 1 unspecified atom stereocenters. The van der Waals surface area contributed by atoms with E-state index in [9.17, 15) is 18.0 Å². The number of benzene rings is 4. The van der Waals surface area contributed by atoms with Crippen LogP contribution in [0.15, 0.2) is 119 Å². The van der Waals surface area contributed by atoms with E-state index in [1.807, 2.05) is 61.5 Å². The molecule has 0 aromatic heterocycles. The molecule has 10 heteroatoms. The number of halogens is 2. The van der Waals surface area contributed by atoms with E-state index in [-0.39, 0.29) is 29.5 Å². The second-order valence-corrected chi connectivity index (χ2v) is 12.8. The molecule has 0 aliphatic carbocycles. The lowest BCUT2D eigenvalue weighted by molar-refractivity contribution is -0.140. The normalized spacial score (nSPS) is 11.9. The molecule has 0 fully saturated rings. The fourth-order valence-corrected chi connectivity index (χ4v) is 6.31. The van der Waals surface area contributed by atoms with Gasteiger partial charge in [-0.3, -0.25) is 13.9 Å². The van der Waals surface area contributed by atoms with Crippen LogP contribution in [-0.4, -0.2) is 44.3 Å². The number of nitrogens with zero attached hydrogens (tertiary/aromatic N) is 2. The summed E-state index contributed by atoms with van der Waals surface area (Å²) in [5.74, 6) is -0.852. The first kappa shape index (κ1) is 31.3. The fraction of sp³-hybridized carbons (Fsp3) is 0.188. The fourth-order valence-electron chi connectivity index (χ4n) is 4.49. The Morgan fingerprint density at radius 2 is 1.43 bits per heavy atom. The monoisotopic (exact) mass is 667 g/mol. The molecule has 1 N–H and O–H groups in total. The van der Waals surface area contributed by atoms with Gasteiger partial charge in [-0.2, -0.15) is 0 Å². The Hall–Kier alpha value is -3.66. The highest BCUT2D eigenvalue weighted by atomic mass is 79.9. The molecule has 0 aliphatic rings. The highest BCUT2D eigenvalue weighted by molar-refractivity contribution is 9.10. The van der Waals surface area contributed by atoms with Gasteiger partial charge in [0.05, 0.1) is 10.6 Å². The van der Waals surface area contributed by atoms with E-state index >= 15 is 0 Å². The van der Waals surface area contributed by atoms with Crippen molar-refractivity contribution in [1.82, 2.24) is 10.2 Å². The van der Waals surface area contributed by atoms with Crippen molar-refractivity contribution in [3.8, 4) is 0 Å². The lowest BCUT2D eigenvalue weighted by Gasteiger charge is -2.33. The number of rotatable bonds is 12. The van der Waals surface area contributed by atoms with Gasteiger partial charge in [0.25, 0.3) is 10.0 Å². The number of carbonyl (C=O) groups is 2. The summed E-state index contributed by atoms with van der Waals surface area (Å²) in [5.41, 5.74) is 1.93. The largest absolute Gasteiger partial charge is 0.355 e. The number of anilines is 1. The first-order chi connectivity index (χ1) is 20.2. The number of nitrogens with one attached hydrogen (secondary N) is 1. The molecule has 4 aromatic carbocycles. The van der Waals surface area contributed by atoms with Gasteiger partial charge in [0.15, 0.2) is 0 Å². The van der Waals surface area contributed by atoms with E-state index in [0.29, 0.717) is 11.6 Å². The molecule has 0 bridgehead atoms. The molecule has 7 nitrogen and oxygen atoms in total. The van der Waals surface area contributed by atoms with Crippen LogP contribution in [0.3, 0.4) is 0 Å². The van der Waals surface area contributed by atoms with E-state index in [0.717, 1.165) is 19.9 Å². The molecule has 42 heavy (non-hydrogen) atoms. The van der Waals surface area contributed by atoms with Gasteiger partial charge in [0.2, 0.25) is 11.8 Å². The van der Waals surface area contributed by atoms with Crippen LogP contribution in [-0.2, 0) is 32.6 Å². The second-order valence-electron chi connectivity index (χ2n) is 9.55. The predicted octanol–water partition coefficient (Wildman–Crippen LogP) is 6.07. The minimum atomic E-state index is -4.15. The van der Waals surface area contributed by atoms with Gasteiger partial charge in [-0.15, -0.1) is 0 Å². The standard InChI is InChI=1S/C32H31BrClN3O4S/c1-2-35-32(39)30(21-24-9-5-3-6-10-24)36(22-25-13-15-26(33)16-14-25)31(38)23-37(28-19-17-27(34)18-20-28)42(40,41)29-11-7-4-8-12-29/h3-20,30H,2,21-23H2,1H3,(H,35,39). The summed E-state index contributed by atoms with van der Waals surface area (Å²) in [4.78, 5) is 29.3. The molecule has 0 saturated heterocycles. The minimum Gasteiger partial charge on any atom is -0.355 e. The predicted molar refractivity (Wildman–Crippen MR) is 170 cm³/mol. The maximum Gasteiger partial charge on any atom is 0.264 e. The highest BCUT2D eigenvalue weighted by Crippen LogP contribution is 2.26. The van der Waals surface area contributed by atoms with Crippen molar-refractivity contribution in [2.45, 2.75) is 30.8 Å². The molecule has 0 aliphatic heterocycles. The van der Waals surface area contributed by atoms with E-state index in [1.165, 1.54) is 17.0 Å². The molecule has 1 atom stereocenters. The summed E-state index contributed by atoms with van der Waals surface area (Å²) in [7, 11) is -4.15. The summed E-state index contributed by atoms with van der Waals surface area (Å²) in [6.07, 6.45) is 0.251. The average molecular weight is 669 g/mol. The minimum absolute atomic E-state index is 0.0387. The van der Waals surface area contributed by atoms with Crippen LogP contribution in [0.5, 0.6) is 0 Å². The molecule has 218 valence electrons. The van der Waals surface area contributed by atoms with Crippen molar-refractivity contribution in [3.05, 3.63) is 130 Å². The zero-order chi connectivity index (χ0) is 30.1. The van der Waals surface area contributed by atoms with Crippen LogP contribution in [0.25, 0.3) is 0 Å².